The van der Waals surface area contributed by atoms with Gasteiger partial charge in [0, 0.05) is 42.4 Å². The van der Waals surface area contributed by atoms with Gasteiger partial charge < -0.3 is 20.9 Å². The van der Waals surface area contributed by atoms with E-state index in [9.17, 15) is 14.3 Å². The summed E-state index contributed by atoms with van der Waals surface area (Å²) in [6, 6.07) is 4.29. The predicted octanol–water partition coefficient (Wildman–Crippen LogP) is 2.27. The summed E-state index contributed by atoms with van der Waals surface area (Å²) in [5, 5.41) is 12.5. The van der Waals surface area contributed by atoms with Gasteiger partial charge in [-0.3, -0.25) is 9.69 Å². The maximum Gasteiger partial charge on any atom is 0.234 e. The first-order chi connectivity index (χ1) is 15.3. The molecule has 4 N–H and O–H groups in total. The molecule has 10 heteroatoms. The van der Waals surface area contributed by atoms with E-state index >= 15 is 0 Å². The molecule has 1 amide bonds. The van der Waals surface area contributed by atoms with Gasteiger partial charge in [0.1, 0.15) is 5.82 Å². The molecular formula is C22H23Cl2FN4O3. The number of hydrogen-bond acceptors (Lipinski definition) is 6. The second-order valence-corrected chi connectivity index (χ2v) is 8.07. The lowest BCUT2D eigenvalue weighted by atomic mass is 10.1. The average Bonchev–Trinajstić information content (AvgIpc) is 3.17. The molecule has 0 spiro atoms. The van der Waals surface area contributed by atoms with Gasteiger partial charge in [-0.15, -0.1) is 0 Å². The van der Waals surface area contributed by atoms with Crippen molar-refractivity contribution in [1.29, 1.82) is 0 Å². The van der Waals surface area contributed by atoms with E-state index in [2.05, 4.69) is 22.1 Å². The molecule has 1 aliphatic heterocycles. The van der Waals surface area contributed by atoms with Crippen LogP contribution in [0.15, 0.2) is 24.4 Å². The Labute approximate surface area is 195 Å². The molecule has 3 rings (SSSR count). The molecular weight excluding hydrogens is 458 g/mol. The minimum atomic E-state index is -0.547. The standard InChI is InChI=1S/C22H23Cl2FN4O3/c23-17-3-4-18(25)21(24)16(17)6-9-32-19-10-14(11-28-22(19)26)2-1-7-27-20(31)13-29-8-5-15(30)12-29/h3-4,10-11,15,30H,5-9,12-13H2,(H2,26,28)(H,27,31). The molecule has 1 fully saturated rings. The number of nitrogens with zero attached hydrogens (tertiary/aromatic N) is 2. The van der Waals surface area contributed by atoms with Crippen LogP contribution < -0.4 is 15.8 Å². The number of pyridine rings is 1. The molecule has 2 aromatic rings. The quantitative estimate of drug-likeness (QED) is 0.415. The highest BCUT2D eigenvalue weighted by molar-refractivity contribution is 6.36. The number of carbonyl (C=O) groups is 1. The van der Waals surface area contributed by atoms with Crippen molar-refractivity contribution in [2.45, 2.75) is 18.9 Å². The summed E-state index contributed by atoms with van der Waals surface area (Å²) in [5.41, 5.74) is 6.88. The molecule has 7 nitrogen and oxygen atoms in total. The molecule has 1 aromatic heterocycles. The van der Waals surface area contributed by atoms with Crippen LogP contribution in [0.1, 0.15) is 17.5 Å². The summed E-state index contributed by atoms with van der Waals surface area (Å²) in [6.07, 6.45) is 2.11. The Hall–Kier alpha value is -2.57. The number of anilines is 1. The number of carbonyl (C=O) groups excluding carboxylic acids is 1. The fourth-order valence-corrected chi connectivity index (χ4v) is 3.76. The van der Waals surface area contributed by atoms with E-state index in [0.717, 1.165) is 0 Å². The highest BCUT2D eigenvalue weighted by Crippen LogP contribution is 2.28. The van der Waals surface area contributed by atoms with E-state index < -0.39 is 5.82 Å². The SMILES string of the molecule is Nc1ncc(C#CCNC(=O)CN2CCC(O)C2)cc1OCCc1c(Cl)ccc(F)c1Cl. The smallest absolute Gasteiger partial charge is 0.234 e. The highest BCUT2D eigenvalue weighted by atomic mass is 35.5. The summed E-state index contributed by atoms with van der Waals surface area (Å²) < 4.78 is 19.3. The van der Waals surface area contributed by atoms with Crippen molar-refractivity contribution in [2.24, 2.45) is 0 Å². The zero-order valence-electron chi connectivity index (χ0n) is 17.2. The number of nitrogen functional groups attached to an aromatic ring is 1. The lowest BCUT2D eigenvalue weighted by Crippen LogP contribution is -2.36. The monoisotopic (exact) mass is 480 g/mol. The van der Waals surface area contributed by atoms with Crippen LogP contribution >= 0.6 is 23.2 Å². The number of amides is 1. The van der Waals surface area contributed by atoms with E-state index in [1.165, 1.54) is 18.3 Å². The van der Waals surface area contributed by atoms with Gasteiger partial charge in [0.25, 0.3) is 0 Å². The third kappa shape index (κ3) is 6.71. The second-order valence-electron chi connectivity index (χ2n) is 7.28. The number of nitrogens with two attached hydrogens (primary N) is 1. The molecule has 1 aromatic carbocycles. The summed E-state index contributed by atoms with van der Waals surface area (Å²) in [6.45, 7) is 1.78. The Bertz CT molecular complexity index is 1040. The van der Waals surface area contributed by atoms with Gasteiger partial charge in [0.2, 0.25) is 5.91 Å². The number of halogens is 3. The second kappa shape index (κ2) is 11.3. The van der Waals surface area contributed by atoms with Crippen molar-refractivity contribution in [3.8, 4) is 17.6 Å². The largest absolute Gasteiger partial charge is 0.489 e. The van der Waals surface area contributed by atoms with Crippen molar-refractivity contribution in [2.75, 3.05) is 38.5 Å². The Morgan fingerprint density at radius 3 is 3.00 bits per heavy atom. The number of ether oxygens (including phenoxy) is 1. The molecule has 2 heterocycles. The molecule has 1 saturated heterocycles. The van der Waals surface area contributed by atoms with E-state index in [1.807, 2.05) is 4.90 Å². The molecule has 1 unspecified atom stereocenters. The third-order valence-corrected chi connectivity index (χ3v) is 5.61. The van der Waals surface area contributed by atoms with E-state index in [1.54, 1.807) is 6.07 Å². The van der Waals surface area contributed by atoms with Crippen LogP contribution in [-0.4, -0.2) is 59.8 Å². The average molecular weight is 481 g/mol. The molecule has 32 heavy (non-hydrogen) atoms. The number of likely N-dealkylation sites (tertiary alicyclic amines) is 1. The Balaban J connectivity index is 1.50. The van der Waals surface area contributed by atoms with Crippen molar-refractivity contribution in [1.82, 2.24) is 15.2 Å². The van der Waals surface area contributed by atoms with Crippen molar-refractivity contribution in [3.05, 3.63) is 51.4 Å². The summed E-state index contributed by atoms with van der Waals surface area (Å²) in [5.74, 6) is 5.57. The highest BCUT2D eigenvalue weighted by Gasteiger charge is 2.21. The van der Waals surface area contributed by atoms with Crippen molar-refractivity contribution in [3.63, 3.8) is 0 Å². The number of β-amino-alcohol motifs (C(OH)–C–C–N with tert-alkyl or cyclic N) is 1. The Morgan fingerprint density at radius 1 is 1.44 bits per heavy atom. The van der Waals surface area contributed by atoms with E-state index in [-0.39, 0.29) is 49.0 Å². The Morgan fingerprint density at radius 2 is 2.25 bits per heavy atom. The first-order valence-electron chi connectivity index (χ1n) is 10.00. The van der Waals surface area contributed by atoms with Crippen LogP contribution in [0.3, 0.4) is 0 Å². The molecule has 1 atom stereocenters. The normalized spacial score (nSPS) is 15.8. The summed E-state index contributed by atoms with van der Waals surface area (Å²) in [7, 11) is 0. The molecule has 1 aliphatic rings. The van der Waals surface area contributed by atoms with Gasteiger partial charge in [0.05, 0.1) is 30.8 Å². The van der Waals surface area contributed by atoms with Crippen LogP contribution in [0.5, 0.6) is 5.75 Å². The minimum Gasteiger partial charge on any atom is -0.489 e. The lowest BCUT2D eigenvalue weighted by Gasteiger charge is -2.13. The minimum absolute atomic E-state index is 0.0326. The van der Waals surface area contributed by atoms with Crippen LogP contribution in [0.2, 0.25) is 10.0 Å². The van der Waals surface area contributed by atoms with E-state index in [0.29, 0.717) is 41.4 Å². The van der Waals surface area contributed by atoms with Crippen LogP contribution in [0.4, 0.5) is 10.2 Å². The number of aliphatic hydroxyl groups is 1. The summed E-state index contributed by atoms with van der Waals surface area (Å²) in [4.78, 5) is 17.9. The van der Waals surface area contributed by atoms with Crippen LogP contribution in [-0.2, 0) is 11.2 Å². The van der Waals surface area contributed by atoms with Gasteiger partial charge in [0.15, 0.2) is 11.6 Å². The van der Waals surface area contributed by atoms with Gasteiger partial charge in [-0.2, -0.15) is 0 Å². The van der Waals surface area contributed by atoms with Crippen molar-refractivity contribution >= 4 is 34.9 Å². The summed E-state index contributed by atoms with van der Waals surface area (Å²) >= 11 is 12.1. The number of nitrogens with one attached hydrogen (secondary N) is 1. The first-order valence-corrected chi connectivity index (χ1v) is 10.8. The molecule has 0 saturated carbocycles. The van der Waals surface area contributed by atoms with Crippen LogP contribution in [0.25, 0.3) is 0 Å². The van der Waals surface area contributed by atoms with Crippen LogP contribution in [0, 0.1) is 17.7 Å². The fraction of sp³-hybridized carbons (Fsp3) is 0.364. The zero-order valence-corrected chi connectivity index (χ0v) is 18.7. The lowest BCUT2D eigenvalue weighted by molar-refractivity contribution is -0.121. The van der Waals surface area contributed by atoms with Gasteiger partial charge in [-0.25, -0.2) is 9.37 Å². The number of benzene rings is 1. The predicted molar refractivity (Wildman–Crippen MR) is 121 cm³/mol. The van der Waals surface area contributed by atoms with Gasteiger partial charge in [-0.1, -0.05) is 35.0 Å². The first kappa shape index (κ1) is 24.1. The van der Waals surface area contributed by atoms with Gasteiger partial charge >= 0.3 is 0 Å². The Kier molecular flexibility index (Phi) is 8.53. The fourth-order valence-electron chi connectivity index (χ4n) is 3.20. The zero-order chi connectivity index (χ0) is 23.1. The number of hydrogen-bond donors (Lipinski definition) is 3. The molecule has 0 aliphatic carbocycles. The number of aromatic nitrogens is 1. The molecule has 0 bridgehead atoms. The van der Waals surface area contributed by atoms with Crippen molar-refractivity contribution < 1.29 is 19.0 Å². The third-order valence-electron chi connectivity index (χ3n) is 4.85. The topological polar surface area (TPSA) is 101 Å². The molecule has 0 radical (unpaired) electrons. The maximum atomic E-state index is 13.6. The molecule has 170 valence electrons. The number of rotatable bonds is 7. The van der Waals surface area contributed by atoms with E-state index in [4.69, 9.17) is 33.7 Å². The van der Waals surface area contributed by atoms with Gasteiger partial charge in [-0.05, 0) is 24.1 Å². The maximum absolute atomic E-state index is 13.6. The number of aliphatic hydroxyl groups excluding tert-OH is 1.